The molecule has 0 aliphatic carbocycles. The van der Waals surface area contributed by atoms with Crippen LogP contribution >= 0.6 is 0 Å². The minimum atomic E-state index is -1.60. The molecule has 1 aliphatic heterocycles. The summed E-state index contributed by atoms with van der Waals surface area (Å²) in [4.78, 5) is 13.7. The van der Waals surface area contributed by atoms with Gasteiger partial charge >= 0.3 is 0 Å². The van der Waals surface area contributed by atoms with E-state index in [0.29, 0.717) is 13.0 Å². The van der Waals surface area contributed by atoms with Crippen molar-refractivity contribution in [3.63, 3.8) is 0 Å². The molecule has 6 N–H and O–H groups in total. The Morgan fingerprint density at radius 1 is 0.474 bits per heavy atom. The van der Waals surface area contributed by atoms with E-state index < -0.39 is 61.5 Å². The molecule has 1 aliphatic rings. The summed E-state index contributed by atoms with van der Waals surface area (Å²) in [7, 11) is 0. The maximum atomic E-state index is 13.7. The zero-order valence-electron chi connectivity index (χ0n) is 50.8. The maximum Gasteiger partial charge on any atom is 0.249 e. The van der Waals surface area contributed by atoms with E-state index in [1.807, 2.05) is 6.08 Å². The van der Waals surface area contributed by atoms with Crippen LogP contribution in [0.1, 0.15) is 297 Å². The summed E-state index contributed by atoms with van der Waals surface area (Å²) in [5, 5.41) is 55.7. The molecule has 0 unspecified atom stereocenters. The van der Waals surface area contributed by atoms with Crippen molar-refractivity contribution in [2.75, 3.05) is 19.8 Å². The summed E-state index contributed by atoms with van der Waals surface area (Å²) in [6.45, 7) is 6.49. The van der Waals surface area contributed by atoms with Crippen LogP contribution < -0.4 is 5.32 Å². The second-order valence-electron chi connectivity index (χ2n) is 22.8. The minimum absolute atomic E-state index is 0.176. The zero-order chi connectivity index (χ0) is 56.6. The van der Waals surface area contributed by atoms with Crippen LogP contribution in [-0.4, -0.2) is 100 Å². The Kier molecular flexibility index (Phi) is 53.7. The largest absolute Gasteiger partial charge is 0.394 e. The summed E-state index contributed by atoms with van der Waals surface area (Å²) in [6.07, 6.45) is 64.4. The Balaban J connectivity index is 2.76. The SMILES string of the molecule is CCCCCCC/C=C/C=C/CC/C=C/[C@@H](OCCCCCCCCCCC/C=C\CCCCCCCC)[C@H](CO[C@@H]1O[C@H](CO)[C@@H](O)[C@H](O)[C@H]1O)NC(=O)[C@H](O)CCCCCCCCCCC/C=C\CCCCCCCC. The van der Waals surface area contributed by atoms with E-state index in [-0.39, 0.29) is 6.61 Å². The molecule has 0 aromatic heterocycles. The van der Waals surface area contributed by atoms with Crippen molar-refractivity contribution < 1.29 is 44.5 Å². The van der Waals surface area contributed by atoms with Crippen LogP contribution in [0.2, 0.25) is 0 Å². The van der Waals surface area contributed by atoms with Gasteiger partial charge in [0.05, 0.1) is 25.4 Å². The van der Waals surface area contributed by atoms with Crippen LogP contribution in [0.15, 0.2) is 60.8 Å². The van der Waals surface area contributed by atoms with Gasteiger partial charge in [0.15, 0.2) is 6.29 Å². The Morgan fingerprint density at radius 3 is 1.31 bits per heavy atom. The standard InChI is InChI=1S/C68H125NO9/c1-4-7-10-13-16-19-22-25-27-29-31-33-35-38-40-43-46-49-52-55-61(71)67(75)69-60(59-77-68-66(74)65(73)64(72)63(58-70)78-68)62(56-53-50-47-44-41-37-24-21-18-15-12-9-6-3)76-57-54-51-48-45-42-39-36-34-32-30-28-26-23-20-17-14-11-8-5-2/h24-28,37,41,44,53,56,60-66,68,70-74H,4-23,29-36,38-40,42-43,45-52,54-55,57-59H2,1-3H3,(H,69,75)/b27-25-,28-26-,37-24+,44-41+,56-53+/t60-,61+,62+,63+,64+,65-,66+,68+/m0/s1. The molecule has 1 rings (SSSR count). The maximum absolute atomic E-state index is 13.7. The topological polar surface area (TPSA) is 158 Å². The molecular weight excluding hydrogens is 975 g/mol. The van der Waals surface area contributed by atoms with Crippen molar-refractivity contribution in [2.45, 2.75) is 346 Å². The summed E-state index contributed by atoms with van der Waals surface area (Å²) in [5.74, 6) is -0.517. The lowest BCUT2D eigenvalue weighted by Crippen LogP contribution is -2.60. The first-order valence-electron chi connectivity index (χ1n) is 33.1. The van der Waals surface area contributed by atoms with Crippen LogP contribution in [0, 0.1) is 0 Å². The van der Waals surface area contributed by atoms with Crippen molar-refractivity contribution in [1.29, 1.82) is 0 Å². The van der Waals surface area contributed by atoms with E-state index in [0.717, 1.165) is 64.2 Å². The fourth-order valence-corrected chi connectivity index (χ4v) is 10.2. The molecule has 0 spiro atoms. The van der Waals surface area contributed by atoms with Crippen molar-refractivity contribution in [1.82, 2.24) is 5.32 Å². The molecule has 8 atom stereocenters. The normalized spacial score (nSPS) is 19.4. The molecular formula is C68H125NO9. The number of nitrogens with one attached hydrogen (secondary N) is 1. The van der Waals surface area contributed by atoms with Gasteiger partial charge in [0.1, 0.15) is 30.5 Å². The third kappa shape index (κ3) is 43.6. The Labute approximate surface area is 480 Å². The van der Waals surface area contributed by atoms with Crippen molar-refractivity contribution >= 4 is 5.91 Å². The summed E-state index contributed by atoms with van der Waals surface area (Å²) in [5.41, 5.74) is 0. The first-order chi connectivity index (χ1) is 38.3. The number of hydrogen-bond acceptors (Lipinski definition) is 9. The molecule has 0 radical (unpaired) electrons. The van der Waals surface area contributed by atoms with Crippen LogP contribution in [0.3, 0.4) is 0 Å². The highest BCUT2D eigenvalue weighted by atomic mass is 16.7. The number of carbonyl (C=O) groups is 1. The number of rotatable bonds is 57. The smallest absolute Gasteiger partial charge is 0.249 e. The number of unbranched alkanes of at least 4 members (excludes halogenated alkanes) is 36. The van der Waals surface area contributed by atoms with Gasteiger partial charge in [0.25, 0.3) is 0 Å². The van der Waals surface area contributed by atoms with E-state index in [1.54, 1.807) is 0 Å². The third-order valence-corrected chi connectivity index (χ3v) is 15.5. The first kappa shape index (κ1) is 73.9. The second-order valence-corrected chi connectivity index (χ2v) is 22.8. The number of aliphatic hydroxyl groups is 5. The lowest BCUT2D eigenvalue weighted by molar-refractivity contribution is -0.302. The highest BCUT2D eigenvalue weighted by molar-refractivity contribution is 5.80. The summed E-state index contributed by atoms with van der Waals surface area (Å²) < 4.78 is 18.3. The molecule has 456 valence electrons. The molecule has 1 amide bonds. The van der Waals surface area contributed by atoms with Crippen LogP contribution in [0.25, 0.3) is 0 Å². The highest BCUT2D eigenvalue weighted by Crippen LogP contribution is 2.23. The quantitative estimate of drug-likeness (QED) is 0.0198. The molecule has 0 aromatic carbocycles. The number of carbonyl (C=O) groups excluding carboxylic acids is 1. The van der Waals surface area contributed by atoms with Gasteiger partial charge < -0.3 is 45.1 Å². The fraction of sp³-hybridized carbons (Fsp3) is 0.838. The van der Waals surface area contributed by atoms with Gasteiger partial charge in [-0.05, 0) is 89.9 Å². The van der Waals surface area contributed by atoms with Gasteiger partial charge in [0, 0.05) is 6.61 Å². The number of hydrogen-bond donors (Lipinski definition) is 6. The molecule has 0 aromatic rings. The van der Waals surface area contributed by atoms with Crippen LogP contribution in [0.4, 0.5) is 0 Å². The number of ether oxygens (including phenoxy) is 3. The molecule has 1 fully saturated rings. The average Bonchev–Trinajstić information content (AvgIpc) is 3.45. The summed E-state index contributed by atoms with van der Waals surface area (Å²) >= 11 is 0. The number of amides is 1. The van der Waals surface area contributed by atoms with Crippen molar-refractivity contribution in [2.24, 2.45) is 0 Å². The lowest BCUT2D eigenvalue weighted by atomic mass is 9.99. The second kappa shape index (κ2) is 56.7. The zero-order valence-corrected chi connectivity index (χ0v) is 50.8. The highest BCUT2D eigenvalue weighted by Gasteiger charge is 2.44. The van der Waals surface area contributed by atoms with E-state index >= 15 is 0 Å². The van der Waals surface area contributed by atoms with Crippen LogP contribution in [-0.2, 0) is 19.0 Å². The van der Waals surface area contributed by atoms with E-state index in [9.17, 15) is 30.3 Å². The Bertz CT molecular complexity index is 1430. The third-order valence-electron chi connectivity index (χ3n) is 15.5. The van der Waals surface area contributed by atoms with Gasteiger partial charge in [-0.3, -0.25) is 4.79 Å². The predicted octanol–water partition coefficient (Wildman–Crippen LogP) is 16.6. The van der Waals surface area contributed by atoms with Crippen LogP contribution in [0.5, 0.6) is 0 Å². The average molecular weight is 1100 g/mol. The van der Waals surface area contributed by atoms with Crippen molar-refractivity contribution in [3.8, 4) is 0 Å². The van der Waals surface area contributed by atoms with Gasteiger partial charge in [0.2, 0.25) is 5.91 Å². The summed E-state index contributed by atoms with van der Waals surface area (Å²) in [6, 6.07) is -0.775. The monoisotopic (exact) mass is 1100 g/mol. The minimum Gasteiger partial charge on any atom is -0.394 e. The lowest BCUT2D eigenvalue weighted by Gasteiger charge is -2.40. The van der Waals surface area contributed by atoms with Gasteiger partial charge in [-0.1, -0.05) is 268 Å². The van der Waals surface area contributed by atoms with Gasteiger partial charge in [-0.25, -0.2) is 0 Å². The predicted molar refractivity (Wildman–Crippen MR) is 329 cm³/mol. The fourth-order valence-electron chi connectivity index (χ4n) is 10.2. The first-order valence-corrected chi connectivity index (χ1v) is 33.1. The molecule has 1 saturated heterocycles. The van der Waals surface area contributed by atoms with E-state index in [1.165, 1.54) is 205 Å². The molecule has 10 nitrogen and oxygen atoms in total. The van der Waals surface area contributed by atoms with Gasteiger partial charge in [-0.15, -0.1) is 0 Å². The Morgan fingerprint density at radius 2 is 0.859 bits per heavy atom. The van der Waals surface area contributed by atoms with E-state index in [4.69, 9.17) is 14.2 Å². The molecule has 10 heteroatoms. The molecule has 1 heterocycles. The number of allylic oxidation sites excluding steroid dienone is 9. The molecule has 0 bridgehead atoms. The Hall–Kier alpha value is -2.15. The molecule has 78 heavy (non-hydrogen) atoms. The van der Waals surface area contributed by atoms with E-state index in [2.05, 4.69) is 80.8 Å². The van der Waals surface area contributed by atoms with Crippen molar-refractivity contribution in [3.05, 3.63) is 60.8 Å². The molecule has 0 saturated carbocycles. The van der Waals surface area contributed by atoms with Gasteiger partial charge in [-0.2, -0.15) is 0 Å². The number of aliphatic hydroxyl groups excluding tert-OH is 5.